The number of nitrogens with one attached hydrogen (secondary N) is 1. The fourth-order valence-electron chi connectivity index (χ4n) is 1.03. The predicted molar refractivity (Wildman–Crippen MR) is 59.5 cm³/mol. The predicted octanol–water partition coefficient (Wildman–Crippen LogP) is 1.66. The topological polar surface area (TPSA) is 83.5 Å². The number of rotatable bonds is 3. The average Bonchev–Trinajstić information content (AvgIpc) is 2.07. The summed E-state index contributed by atoms with van der Waals surface area (Å²) in [5.41, 5.74) is -0.659. The lowest BCUT2D eigenvalue weighted by Crippen LogP contribution is -2.14. The molecule has 8 heteroatoms. The highest BCUT2D eigenvalue weighted by atomic mass is 79.9. The van der Waals surface area contributed by atoms with Gasteiger partial charge in [0.25, 0.3) is 0 Å². The summed E-state index contributed by atoms with van der Waals surface area (Å²) in [5, 5.41) is 8.79. The second kappa shape index (κ2) is 4.38. The standard InChI is InChI=1S/C8H7BrFNO4S/c1-16(14,15)11-7-5(8(12)13)2-4(10)3-6(7)9/h2-3,11H,1H3,(H,12,13). The highest BCUT2D eigenvalue weighted by molar-refractivity contribution is 9.10. The van der Waals surface area contributed by atoms with Gasteiger partial charge in [0, 0.05) is 4.47 Å². The van der Waals surface area contributed by atoms with Gasteiger partial charge < -0.3 is 5.11 Å². The van der Waals surface area contributed by atoms with Gasteiger partial charge in [-0.05, 0) is 28.1 Å². The minimum absolute atomic E-state index is 0.0234. The zero-order chi connectivity index (χ0) is 12.5. The van der Waals surface area contributed by atoms with Crippen LogP contribution in [0.25, 0.3) is 0 Å². The van der Waals surface area contributed by atoms with Crippen LogP contribution in [0, 0.1) is 5.82 Å². The van der Waals surface area contributed by atoms with Crippen molar-refractivity contribution < 1.29 is 22.7 Å². The summed E-state index contributed by atoms with van der Waals surface area (Å²) in [6.45, 7) is 0. The van der Waals surface area contributed by atoms with Gasteiger partial charge in [-0.25, -0.2) is 17.6 Å². The maximum Gasteiger partial charge on any atom is 0.337 e. The van der Waals surface area contributed by atoms with Gasteiger partial charge in [-0.3, -0.25) is 4.72 Å². The number of hydrogen-bond donors (Lipinski definition) is 2. The monoisotopic (exact) mass is 311 g/mol. The Bertz CT molecular complexity index is 543. The van der Waals surface area contributed by atoms with E-state index in [0.29, 0.717) is 0 Å². The third-order valence-electron chi connectivity index (χ3n) is 1.57. The first-order valence-electron chi connectivity index (χ1n) is 3.91. The lowest BCUT2D eigenvalue weighted by atomic mass is 10.2. The second-order valence-corrected chi connectivity index (χ2v) is 5.59. The zero-order valence-corrected chi connectivity index (χ0v) is 10.4. The molecule has 0 atom stereocenters. The Kier molecular flexibility index (Phi) is 3.54. The average molecular weight is 312 g/mol. The number of carbonyl (C=O) groups is 1. The van der Waals surface area contributed by atoms with Crippen LogP contribution in [0.5, 0.6) is 0 Å². The molecule has 0 aromatic heterocycles. The molecule has 0 aliphatic carbocycles. The Labute approximate surface area is 99.5 Å². The third kappa shape index (κ3) is 3.17. The second-order valence-electron chi connectivity index (χ2n) is 2.99. The lowest BCUT2D eigenvalue weighted by molar-refractivity contribution is 0.0697. The van der Waals surface area contributed by atoms with E-state index >= 15 is 0 Å². The fraction of sp³-hybridized carbons (Fsp3) is 0.125. The van der Waals surface area contributed by atoms with Gasteiger partial charge in [0.2, 0.25) is 10.0 Å². The van der Waals surface area contributed by atoms with E-state index in [0.717, 1.165) is 18.4 Å². The van der Waals surface area contributed by atoms with E-state index in [4.69, 9.17) is 5.11 Å². The first kappa shape index (κ1) is 12.9. The fourth-order valence-corrected chi connectivity index (χ4v) is 2.28. The molecule has 0 saturated heterocycles. The van der Waals surface area contributed by atoms with Crippen LogP contribution in [0.3, 0.4) is 0 Å². The maximum atomic E-state index is 12.9. The molecule has 0 heterocycles. The van der Waals surface area contributed by atoms with Crippen molar-refractivity contribution in [2.75, 3.05) is 11.0 Å². The van der Waals surface area contributed by atoms with Crippen LogP contribution in [-0.4, -0.2) is 25.7 Å². The molecule has 2 N–H and O–H groups in total. The summed E-state index contributed by atoms with van der Waals surface area (Å²) >= 11 is 2.89. The quantitative estimate of drug-likeness (QED) is 0.889. The largest absolute Gasteiger partial charge is 0.478 e. The molecule has 88 valence electrons. The van der Waals surface area contributed by atoms with E-state index in [1.807, 2.05) is 4.72 Å². The SMILES string of the molecule is CS(=O)(=O)Nc1c(Br)cc(F)cc1C(=O)O. The number of anilines is 1. The van der Waals surface area contributed by atoms with Crippen molar-refractivity contribution in [1.29, 1.82) is 0 Å². The van der Waals surface area contributed by atoms with Gasteiger partial charge >= 0.3 is 5.97 Å². The Hall–Kier alpha value is -1.15. The number of hydrogen-bond acceptors (Lipinski definition) is 3. The molecule has 16 heavy (non-hydrogen) atoms. The van der Waals surface area contributed by atoms with Gasteiger partial charge in [0.15, 0.2) is 0 Å². The lowest BCUT2D eigenvalue weighted by Gasteiger charge is -2.10. The van der Waals surface area contributed by atoms with Crippen LogP contribution in [0.1, 0.15) is 10.4 Å². The molecule has 1 aromatic carbocycles. The van der Waals surface area contributed by atoms with E-state index in [2.05, 4.69) is 15.9 Å². The van der Waals surface area contributed by atoms with Crippen molar-refractivity contribution in [3.8, 4) is 0 Å². The molecule has 0 fully saturated rings. The molecule has 0 amide bonds. The number of benzene rings is 1. The summed E-state index contributed by atoms with van der Waals surface area (Å²) in [5.74, 6) is -2.20. The highest BCUT2D eigenvalue weighted by Gasteiger charge is 2.17. The van der Waals surface area contributed by atoms with Gasteiger partial charge in [0.1, 0.15) is 5.82 Å². The van der Waals surface area contributed by atoms with Crippen LogP contribution in [0.15, 0.2) is 16.6 Å². The van der Waals surface area contributed by atoms with Crippen LogP contribution >= 0.6 is 15.9 Å². The molecule has 0 bridgehead atoms. The Morgan fingerprint density at radius 3 is 2.50 bits per heavy atom. The van der Waals surface area contributed by atoms with Crippen molar-refractivity contribution >= 4 is 37.6 Å². The molecule has 0 aliphatic rings. The number of carboxylic acids is 1. The summed E-state index contributed by atoms with van der Waals surface area (Å²) < 4.78 is 36.9. The van der Waals surface area contributed by atoms with Crippen molar-refractivity contribution in [3.05, 3.63) is 28.0 Å². The number of aromatic carboxylic acids is 1. The van der Waals surface area contributed by atoms with Gasteiger partial charge in [-0.2, -0.15) is 0 Å². The van der Waals surface area contributed by atoms with Gasteiger partial charge in [-0.15, -0.1) is 0 Å². The van der Waals surface area contributed by atoms with Crippen molar-refractivity contribution in [1.82, 2.24) is 0 Å². The van der Waals surface area contributed by atoms with E-state index in [9.17, 15) is 17.6 Å². The first-order chi connectivity index (χ1) is 7.20. The molecule has 0 unspecified atom stereocenters. The van der Waals surface area contributed by atoms with E-state index < -0.39 is 27.4 Å². The molecule has 0 aliphatic heterocycles. The number of sulfonamides is 1. The van der Waals surface area contributed by atoms with Crippen LogP contribution in [0.2, 0.25) is 0 Å². The molecule has 5 nitrogen and oxygen atoms in total. The molecule has 0 spiro atoms. The number of carboxylic acid groups (broad SMARTS) is 1. The molecular formula is C8H7BrFNO4S. The summed E-state index contributed by atoms with van der Waals surface area (Å²) in [7, 11) is -3.63. The van der Waals surface area contributed by atoms with E-state index in [1.54, 1.807) is 0 Å². The van der Waals surface area contributed by atoms with Crippen LogP contribution in [-0.2, 0) is 10.0 Å². The van der Waals surface area contributed by atoms with Gasteiger partial charge in [0.05, 0.1) is 17.5 Å². The molecular weight excluding hydrogens is 305 g/mol. The van der Waals surface area contributed by atoms with E-state index in [1.165, 1.54) is 0 Å². The molecule has 0 saturated carbocycles. The van der Waals surface area contributed by atoms with E-state index in [-0.39, 0.29) is 10.2 Å². The molecule has 1 rings (SSSR count). The smallest absolute Gasteiger partial charge is 0.337 e. The maximum absolute atomic E-state index is 12.9. The normalized spacial score (nSPS) is 11.2. The minimum Gasteiger partial charge on any atom is -0.478 e. The Morgan fingerprint density at radius 1 is 1.50 bits per heavy atom. The molecule has 1 aromatic rings. The van der Waals surface area contributed by atoms with Crippen LogP contribution in [0.4, 0.5) is 10.1 Å². The minimum atomic E-state index is -3.63. The third-order valence-corrected chi connectivity index (χ3v) is 2.77. The summed E-state index contributed by atoms with van der Waals surface area (Å²) in [4.78, 5) is 10.8. The molecule has 0 radical (unpaired) electrons. The summed E-state index contributed by atoms with van der Waals surface area (Å²) in [6.07, 6.45) is 0.869. The Morgan fingerprint density at radius 2 is 2.06 bits per heavy atom. The Balaban J connectivity index is 3.41. The van der Waals surface area contributed by atoms with Gasteiger partial charge in [-0.1, -0.05) is 0 Å². The van der Waals surface area contributed by atoms with Crippen molar-refractivity contribution in [3.63, 3.8) is 0 Å². The zero-order valence-electron chi connectivity index (χ0n) is 7.99. The highest BCUT2D eigenvalue weighted by Crippen LogP contribution is 2.28. The number of halogens is 2. The van der Waals surface area contributed by atoms with Crippen molar-refractivity contribution in [2.24, 2.45) is 0 Å². The summed E-state index contributed by atoms with van der Waals surface area (Å²) in [6, 6.07) is 1.71. The van der Waals surface area contributed by atoms with Crippen molar-refractivity contribution in [2.45, 2.75) is 0 Å². The first-order valence-corrected chi connectivity index (χ1v) is 6.59. The van der Waals surface area contributed by atoms with Crippen LogP contribution < -0.4 is 4.72 Å².